The Morgan fingerprint density at radius 1 is 1.04 bits per heavy atom. The first-order valence-electron chi connectivity index (χ1n) is 8.81. The van der Waals surface area contributed by atoms with E-state index < -0.39 is 5.91 Å². The normalized spacial score (nSPS) is 10.4. The van der Waals surface area contributed by atoms with Crippen LogP contribution in [-0.4, -0.2) is 22.5 Å². The van der Waals surface area contributed by atoms with Crippen molar-refractivity contribution in [2.24, 2.45) is 11.5 Å². The number of pyridine rings is 2. The third-order valence-electron chi connectivity index (χ3n) is 3.94. The zero-order valence-electron chi connectivity index (χ0n) is 15.5. The van der Waals surface area contributed by atoms with Crippen LogP contribution in [0.1, 0.15) is 22.8 Å². The highest BCUT2D eigenvalue weighted by Crippen LogP contribution is 2.30. The molecule has 144 valence electrons. The second-order valence-corrected chi connectivity index (χ2v) is 5.91. The van der Waals surface area contributed by atoms with Gasteiger partial charge in [0, 0.05) is 25.0 Å². The Bertz CT molecular complexity index is 959. The lowest BCUT2D eigenvalue weighted by Gasteiger charge is -2.15. The largest absolute Gasteiger partial charge is 0.492 e. The number of aromatic nitrogens is 2. The lowest BCUT2D eigenvalue weighted by molar-refractivity contribution is 0.100. The van der Waals surface area contributed by atoms with Crippen LogP contribution in [0.5, 0.6) is 5.75 Å². The Morgan fingerprint density at radius 2 is 1.82 bits per heavy atom. The van der Waals surface area contributed by atoms with E-state index in [0.717, 1.165) is 11.3 Å². The third-order valence-corrected chi connectivity index (χ3v) is 3.94. The number of hydrogen-bond acceptors (Lipinski definition) is 7. The highest BCUT2D eigenvalue weighted by atomic mass is 16.5. The van der Waals surface area contributed by atoms with Gasteiger partial charge in [-0.15, -0.1) is 0 Å². The van der Waals surface area contributed by atoms with E-state index in [-0.39, 0.29) is 5.56 Å². The molecular formula is C20H22N6O2. The van der Waals surface area contributed by atoms with Crippen LogP contribution in [-0.2, 0) is 6.54 Å². The van der Waals surface area contributed by atoms with Crippen LogP contribution < -0.4 is 26.8 Å². The standard InChI is InChI=1S/C20H22N6O2/c1-2-28-17-6-4-3-5-15(17)25-16-9-19(24-12-14(16)20(22)27)26-18-8-7-13(10-21)11-23-18/h3-9,11-12H,2,10,21H2,1H3,(H2,22,27)(H2,23,24,25,26). The molecule has 0 aliphatic carbocycles. The van der Waals surface area contributed by atoms with Crippen LogP contribution in [0.25, 0.3) is 0 Å². The summed E-state index contributed by atoms with van der Waals surface area (Å²) in [5.74, 6) is 1.21. The maximum atomic E-state index is 11.8. The molecule has 0 aliphatic rings. The summed E-state index contributed by atoms with van der Waals surface area (Å²) in [6, 6.07) is 12.8. The maximum Gasteiger partial charge on any atom is 0.252 e. The van der Waals surface area contributed by atoms with Crippen molar-refractivity contribution < 1.29 is 9.53 Å². The molecule has 1 amide bonds. The van der Waals surface area contributed by atoms with E-state index in [0.29, 0.717) is 36.2 Å². The molecule has 0 aliphatic heterocycles. The monoisotopic (exact) mass is 378 g/mol. The summed E-state index contributed by atoms with van der Waals surface area (Å²) < 4.78 is 5.63. The highest BCUT2D eigenvalue weighted by Gasteiger charge is 2.13. The van der Waals surface area contributed by atoms with Gasteiger partial charge in [0.2, 0.25) is 0 Å². The van der Waals surface area contributed by atoms with E-state index in [1.54, 1.807) is 12.3 Å². The fraction of sp³-hybridized carbons (Fsp3) is 0.150. The van der Waals surface area contributed by atoms with Gasteiger partial charge in [-0.2, -0.15) is 0 Å². The van der Waals surface area contributed by atoms with E-state index >= 15 is 0 Å². The number of carbonyl (C=O) groups is 1. The smallest absolute Gasteiger partial charge is 0.252 e. The molecule has 2 heterocycles. The van der Waals surface area contributed by atoms with Crippen molar-refractivity contribution in [3.63, 3.8) is 0 Å². The molecule has 0 radical (unpaired) electrons. The van der Waals surface area contributed by atoms with Crippen LogP contribution in [0.3, 0.4) is 0 Å². The molecule has 8 nitrogen and oxygen atoms in total. The summed E-state index contributed by atoms with van der Waals surface area (Å²) in [4.78, 5) is 20.4. The molecule has 3 rings (SSSR count). The number of primary amides is 1. The minimum Gasteiger partial charge on any atom is -0.492 e. The number of para-hydroxylation sites is 2. The molecule has 0 bridgehead atoms. The van der Waals surface area contributed by atoms with Gasteiger partial charge in [0.1, 0.15) is 17.4 Å². The summed E-state index contributed by atoms with van der Waals surface area (Å²) in [6.07, 6.45) is 3.11. The second kappa shape index (κ2) is 8.83. The lowest BCUT2D eigenvalue weighted by Crippen LogP contribution is -2.14. The van der Waals surface area contributed by atoms with Crippen LogP contribution in [0.15, 0.2) is 54.9 Å². The molecule has 1 aromatic carbocycles. The molecule has 0 saturated heterocycles. The van der Waals surface area contributed by atoms with Crippen molar-refractivity contribution >= 4 is 28.9 Å². The van der Waals surface area contributed by atoms with E-state index in [9.17, 15) is 4.79 Å². The summed E-state index contributed by atoms with van der Waals surface area (Å²) in [5, 5.41) is 6.31. The Balaban J connectivity index is 1.90. The molecule has 6 N–H and O–H groups in total. The molecule has 28 heavy (non-hydrogen) atoms. The van der Waals surface area contributed by atoms with Gasteiger partial charge in [0.15, 0.2) is 0 Å². The first-order chi connectivity index (χ1) is 13.6. The van der Waals surface area contributed by atoms with Crippen molar-refractivity contribution in [3.05, 3.63) is 66.0 Å². The van der Waals surface area contributed by atoms with Gasteiger partial charge < -0.3 is 26.8 Å². The zero-order chi connectivity index (χ0) is 19.9. The average Bonchev–Trinajstić information content (AvgIpc) is 2.70. The van der Waals surface area contributed by atoms with Gasteiger partial charge >= 0.3 is 0 Å². The Labute approximate surface area is 162 Å². The van der Waals surface area contributed by atoms with E-state index in [1.165, 1.54) is 6.20 Å². The molecule has 0 spiro atoms. The molecular weight excluding hydrogens is 356 g/mol. The van der Waals surface area contributed by atoms with Crippen molar-refractivity contribution in [2.45, 2.75) is 13.5 Å². The number of amides is 1. The number of hydrogen-bond donors (Lipinski definition) is 4. The number of carbonyl (C=O) groups excluding carboxylic acids is 1. The molecule has 0 saturated carbocycles. The fourth-order valence-electron chi connectivity index (χ4n) is 2.57. The third kappa shape index (κ3) is 4.54. The quantitative estimate of drug-likeness (QED) is 0.474. The van der Waals surface area contributed by atoms with Crippen LogP contribution in [0.2, 0.25) is 0 Å². The van der Waals surface area contributed by atoms with Gasteiger partial charge in [-0.3, -0.25) is 4.79 Å². The molecule has 3 aromatic rings. The lowest BCUT2D eigenvalue weighted by atomic mass is 10.2. The topological polar surface area (TPSA) is 128 Å². The van der Waals surface area contributed by atoms with Crippen molar-refractivity contribution in [1.29, 1.82) is 0 Å². The van der Waals surface area contributed by atoms with E-state index in [1.807, 2.05) is 43.3 Å². The molecule has 0 atom stereocenters. The summed E-state index contributed by atoms with van der Waals surface area (Å²) in [6.45, 7) is 2.85. The number of nitrogens with one attached hydrogen (secondary N) is 2. The number of benzene rings is 1. The molecule has 0 fully saturated rings. The van der Waals surface area contributed by atoms with E-state index in [4.69, 9.17) is 16.2 Å². The maximum absolute atomic E-state index is 11.8. The van der Waals surface area contributed by atoms with Gasteiger partial charge in [-0.1, -0.05) is 18.2 Å². The minimum absolute atomic E-state index is 0.267. The summed E-state index contributed by atoms with van der Waals surface area (Å²) in [5.41, 5.74) is 13.5. The average molecular weight is 378 g/mol. The number of nitrogens with zero attached hydrogens (tertiary/aromatic N) is 2. The van der Waals surface area contributed by atoms with Gasteiger partial charge in [-0.05, 0) is 30.7 Å². The second-order valence-electron chi connectivity index (χ2n) is 5.91. The predicted octanol–water partition coefficient (Wildman–Crippen LogP) is 2.92. The molecule has 0 unspecified atom stereocenters. The molecule has 2 aromatic heterocycles. The Hall–Kier alpha value is -3.65. The first-order valence-corrected chi connectivity index (χ1v) is 8.81. The van der Waals surface area contributed by atoms with Gasteiger partial charge in [0.25, 0.3) is 5.91 Å². The summed E-state index contributed by atoms with van der Waals surface area (Å²) in [7, 11) is 0. The summed E-state index contributed by atoms with van der Waals surface area (Å²) >= 11 is 0. The Morgan fingerprint density at radius 3 is 2.50 bits per heavy atom. The van der Waals surface area contributed by atoms with E-state index in [2.05, 4.69) is 20.6 Å². The SMILES string of the molecule is CCOc1ccccc1Nc1cc(Nc2ccc(CN)cn2)ncc1C(N)=O. The predicted molar refractivity (Wildman–Crippen MR) is 109 cm³/mol. The fourth-order valence-corrected chi connectivity index (χ4v) is 2.57. The molecule has 8 heteroatoms. The van der Waals surface area contributed by atoms with Crippen molar-refractivity contribution in [1.82, 2.24) is 9.97 Å². The number of nitrogens with two attached hydrogens (primary N) is 2. The van der Waals surface area contributed by atoms with Gasteiger partial charge in [-0.25, -0.2) is 9.97 Å². The van der Waals surface area contributed by atoms with Gasteiger partial charge in [0.05, 0.1) is 23.5 Å². The van der Waals surface area contributed by atoms with Crippen molar-refractivity contribution in [2.75, 3.05) is 17.2 Å². The van der Waals surface area contributed by atoms with Crippen LogP contribution in [0, 0.1) is 0 Å². The van der Waals surface area contributed by atoms with Crippen LogP contribution >= 0.6 is 0 Å². The van der Waals surface area contributed by atoms with Crippen LogP contribution in [0.4, 0.5) is 23.0 Å². The number of anilines is 4. The number of rotatable bonds is 8. The minimum atomic E-state index is -0.583. The Kier molecular flexibility index (Phi) is 6.03. The van der Waals surface area contributed by atoms with Crippen molar-refractivity contribution in [3.8, 4) is 5.75 Å². The number of ether oxygens (including phenoxy) is 1. The first kappa shape index (κ1) is 19.1. The highest BCUT2D eigenvalue weighted by molar-refractivity contribution is 5.99. The zero-order valence-corrected chi connectivity index (χ0v) is 15.5.